The second-order valence-corrected chi connectivity index (χ2v) is 11.3. The molecule has 4 N–H and O–H groups in total. The number of rotatable bonds is 10. The van der Waals surface area contributed by atoms with Gasteiger partial charge in [0.2, 0.25) is 0 Å². The highest BCUT2D eigenvalue weighted by molar-refractivity contribution is 6.01. The van der Waals surface area contributed by atoms with Gasteiger partial charge in [-0.3, -0.25) is 14.4 Å². The van der Waals surface area contributed by atoms with E-state index >= 15 is 0 Å². The lowest BCUT2D eigenvalue weighted by atomic mass is 9.95. The number of H-pyrrole nitrogens is 2. The maximum absolute atomic E-state index is 12.4. The van der Waals surface area contributed by atoms with Gasteiger partial charge in [0.25, 0.3) is 11.8 Å². The monoisotopic (exact) mass is 572 g/mol. The average molecular weight is 573 g/mol. The number of aromatic amines is 2. The van der Waals surface area contributed by atoms with E-state index in [1.165, 1.54) is 12.7 Å². The Labute approximate surface area is 248 Å². The number of methoxy groups -OCH3 is 1. The smallest absolute Gasteiger partial charge is 0.308 e. The summed E-state index contributed by atoms with van der Waals surface area (Å²) in [5, 5.41) is 6.03. The average Bonchev–Trinajstić information content (AvgIpc) is 3.61. The maximum Gasteiger partial charge on any atom is 0.308 e. The predicted octanol–water partition coefficient (Wildman–Crippen LogP) is 5.86. The van der Waals surface area contributed by atoms with Crippen LogP contribution >= 0.6 is 0 Å². The van der Waals surface area contributed by atoms with Gasteiger partial charge in [-0.25, -0.2) is 0 Å². The molecule has 0 aromatic carbocycles. The van der Waals surface area contributed by atoms with Gasteiger partial charge in [-0.1, -0.05) is 27.7 Å². The number of carbonyl (C=O) groups is 3. The second kappa shape index (κ2) is 12.4. The van der Waals surface area contributed by atoms with Gasteiger partial charge in [0.05, 0.1) is 13.0 Å². The fraction of sp³-hybridized carbons (Fsp3) is 0.441. The number of hydrogen-bond donors (Lipinski definition) is 4. The second-order valence-electron chi connectivity index (χ2n) is 11.3. The molecule has 1 unspecified atom stereocenters. The molecular formula is C34H44N4O4. The number of allylic oxidation sites excluding steroid dienone is 2. The summed E-state index contributed by atoms with van der Waals surface area (Å²) >= 11 is 0. The Hall–Kier alpha value is -4.07. The van der Waals surface area contributed by atoms with Crippen LogP contribution < -0.4 is 10.6 Å². The van der Waals surface area contributed by atoms with Gasteiger partial charge in [0, 0.05) is 51.7 Å². The summed E-state index contributed by atoms with van der Waals surface area (Å²) in [5.41, 5.74) is 13.8. The third-order valence-electron chi connectivity index (χ3n) is 8.85. The van der Waals surface area contributed by atoms with E-state index in [1.807, 2.05) is 39.8 Å². The van der Waals surface area contributed by atoms with Gasteiger partial charge in [0.15, 0.2) is 0 Å². The van der Waals surface area contributed by atoms with Crippen LogP contribution in [0.2, 0.25) is 0 Å². The Morgan fingerprint density at radius 2 is 1.21 bits per heavy atom. The quantitative estimate of drug-likeness (QED) is 0.267. The minimum absolute atomic E-state index is 0.0409. The summed E-state index contributed by atoms with van der Waals surface area (Å²) < 4.78 is 5.04. The molecule has 0 saturated carbocycles. The van der Waals surface area contributed by atoms with E-state index in [2.05, 4.69) is 48.3 Å². The van der Waals surface area contributed by atoms with Crippen LogP contribution in [0.5, 0.6) is 0 Å². The molecule has 0 bridgehead atoms. The highest BCUT2D eigenvalue weighted by Crippen LogP contribution is 2.32. The first-order chi connectivity index (χ1) is 19.9. The summed E-state index contributed by atoms with van der Waals surface area (Å²) in [4.78, 5) is 44.4. The summed E-state index contributed by atoms with van der Waals surface area (Å²) in [6, 6.07) is 0. The van der Waals surface area contributed by atoms with Crippen molar-refractivity contribution in [3.05, 3.63) is 78.7 Å². The molecule has 2 aromatic rings. The van der Waals surface area contributed by atoms with E-state index in [4.69, 9.17) is 4.74 Å². The highest BCUT2D eigenvalue weighted by atomic mass is 16.5. The van der Waals surface area contributed by atoms with Crippen molar-refractivity contribution in [1.29, 1.82) is 0 Å². The van der Waals surface area contributed by atoms with Gasteiger partial charge in [-0.15, -0.1) is 0 Å². The van der Waals surface area contributed by atoms with Crippen LogP contribution in [0.4, 0.5) is 0 Å². The molecule has 0 aliphatic carbocycles. The SMILES string of the molecule is CCC1=C(C)C(=O)N/C1=C\c1[nH]c(Cc2[nH]c(/C=C3\NC(=O)C(C)=C3CC)c(C)c2CC(C)C(=O)OC)c(CC)c1C. The minimum atomic E-state index is -0.312. The Morgan fingerprint density at radius 3 is 1.64 bits per heavy atom. The molecule has 0 spiro atoms. The Kier molecular flexibility index (Phi) is 9.14. The van der Waals surface area contributed by atoms with Gasteiger partial charge >= 0.3 is 5.97 Å². The molecule has 8 heteroatoms. The van der Waals surface area contributed by atoms with Gasteiger partial charge in [-0.2, -0.15) is 0 Å². The summed E-state index contributed by atoms with van der Waals surface area (Å²) in [6.07, 6.45) is 7.59. The fourth-order valence-corrected chi connectivity index (χ4v) is 6.26. The fourth-order valence-electron chi connectivity index (χ4n) is 6.26. The van der Waals surface area contributed by atoms with Crippen LogP contribution in [0.15, 0.2) is 33.7 Å². The zero-order chi connectivity index (χ0) is 30.9. The first-order valence-corrected chi connectivity index (χ1v) is 14.9. The Balaban J connectivity index is 1.79. The molecule has 2 aliphatic heterocycles. The van der Waals surface area contributed by atoms with Crippen molar-refractivity contribution in [2.45, 2.75) is 87.5 Å². The van der Waals surface area contributed by atoms with E-state index in [1.54, 1.807) is 0 Å². The van der Waals surface area contributed by atoms with Crippen LogP contribution in [-0.4, -0.2) is 34.9 Å². The van der Waals surface area contributed by atoms with E-state index in [-0.39, 0.29) is 23.7 Å². The Bertz CT molecular complexity index is 1570. The molecule has 4 rings (SSSR count). The molecule has 2 aromatic heterocycles. The molecule has 8 nitrogen and oxygen atoms in total. The molecule has 1 atom stereocenters. The molecular weight excluding hydrogens is 528 g/mol. The number of ether oxygens (including phenoxy) is 1. The normalized spacial score (nSPS) is 18.0. The van der Waals surface area contributed by atoms with E-state index in [0.29, 0.717) is 12.8 Å². The lowest BCUT2D eigenvalue weighted by Crippen LogP contribution is -2.16. The molecule has 42 heavy (non-hydrogen) atoms. The van der Waals surface area contributed by atoms with E-state index in [9.17, 15) is 14.4 Å². The van der Waals surface area contributed by atoms with E-state index in [0.717, 1.165) is 92.4 Å². The van der Waals surface area contributed by atoms with Crippen molar-refractivity contribution >= 4 is 29.9 Å². The van der Waals surface area contributed by atoms with Crippen LogP contribution in [0.3, 0.4) is 0 Å². The number of hydrogen-bond acceptors (Lipinski definition) is 4. The molecule has 2 aliphatic rings. The van der Waals surface area contributed by atoms with Gasteiger partial charge in [-0.05, 0) is 98.9 Å². The van der Waals surface area contributed by atoms with Crippen LogP contribution in [0.1, 0.15) is 99.4 Å². The van der Waals surface area contributed by atoms with E-state index < -0.39 is 0 Å². The van der Waals surface area contributed by atoms with Crippen molar-refractivity contribution in [1.82, 2.24) is 20.6 Å². The largest absolute Gasteiger partial charge is 0.469 e. The summed E-state index contributed by atoms with van der Waals surface area (Å²) in [7, 11) is 1.42. The topological polar surface area (TPSA) is 116 Å². The summed E-state index contributed by atoms with van der Waals surface area (Å²) in [6.45, 7) is 16.0. The molecule has 224 valence electrons. The third-order valence-corrected chi connectivity index (χ3v) is 8.85. The number of esters is 1. The molecule has 0 saturated heterocycles. The number of aromatic nitrogens is 2. The van der Waals surface area contributed by atoms with Crippen LogP contribution in [0, 0.1) is 19.8 Å². The number of carbonyl (C=O) groups excluding carboxylic acids is 3. The van der Waals surface area contributed by atoms with Crippen molar-refractivity contribution in [2.24, 2.45) is 5.92 Å². The number of amides is 2. The maximum atomic E-state index is 12.4. The molecule has 0 fully saturated rings. The van der Waals surface area contributed by atoms with Crippen LogP contribution in [0.25, 0.3) is 12.2 Å². The van der Waals surface area contributed by atoms with Crippen molar-refractivity contribution in [3.8, 4) is 0 Å². The lowest BCUT2D eigenvalue weighted by Gasteiger charge is -2.11. The van der Waals surface area contributed by atoms with Gasteiger partial charge < -0.3 is 25.3 Å². The lowest BCUT2D eigenvalue weighted by molar-refractivity contribution is -0.144. The van der Waals surface area contributed by atoms with Gasteiger partial charge in [0.1, 0.15) is 0 Å². The highest BCUT2D eigenvalue weighted by Gasteiger charge is 2.26. The Morgan fingerprint density at radius 1 is 0.762 bits per heavy atom. The molecule has 2 amide bonds. The predicted molar refractivity (Wildman–Crippen MR) is 166 cm³/mol. The standard InChI is InChI=1S/C34H44N4O4/c1-10-22-18(5)26(14-29-23(11-2)20(7)32(39)37-29)35-28(22)16-31-25(13-17(4)34(41)42-9)19(6)27(36-31)15-30-24(12-3)21(8)33(40)38-30/h14-15,17,35-36H,10-13,16H2,1-9H3,(H,37,39)(H,38,40)/b29-14-,30-15-. The van der Waals surface area contributed by atoms with Crippen molar-refractivity contribution in [3.63, 3.8) is 0 Å². The van der Waals surface area contributed by atoms with Crippen molar-refractivity contribution < 1.29 is 19.1 Å². The minimum Gasteiger partial charge on any atom is -0.469 e. The molecule has 4 heterocycles. The first-order valence-electron chi connectivity index (χ1n) is 14.9. The molecule has 0 radical (unpaired) electrons. The number of nitrogens with one attached hydrogen (secondary N) is 4. The summed E-state index contributed by atoms with van der Waals surface area (Å²) in [5.74, 6) is -0.661. The zero-order valence-corrected chi connectivity index (χ0v) is 26.4. The van der Waals surface area contributed by atoms with Crippen molar-refractivity contribution in [2.75, 3.05) is 7.11 Å². The third kappa shape index (κ3) is 5.67. The zero-order valence-electron chi connectivity index (χ0n) is 26.4. The van der Waals surface area contributed by atoms with Crippen LogP contribution in [-0.2, 0) is 38.4 Å². The first kappa shape index (κ1) is 30.9.